The first-order valence-electron chi connectivity index (χ1n) is 6.61. The Bertz CT molecular complexity index is 695. The van der Waals surface area contributed by atoms with Crippen LogP contribution in [0.3, 0.4) is 0 Å². The molecular weight excluding hydrogens is 272 g/mol. The maximum atomic E-state index is 11.8. The number of aromatic hydroxyl groups is 1. The summed E-state index contributed by atoms with van der Waals surface area (Å²) in [7, 11) is 3.13. The first kappa shape index (κ1) is 14.9. The predicted octanol–water partition coefficient (Wildman–Crippen LogP) is 1.65. The van der Waals surface area contributed by atoms with Crippen LogP contribution in [0, 0.1) is 0 Å². The Kier molecular flexibility index (Phi) is 4.47. The first-order chi connectivity index (χ1) is 10.1. The molecule has 0 saturated heterocycles. The molecule has 6 nitrogen and oxygen atoms in total. The van der Waals surface area contributed by atoms with Crippen molar-refractivity contribution >= 4 is 0 Å². The maximum absolute atomic E-state index is 11.8. The monoisotopic (exact) mass is 290 g/mol. The second kappa shape index (κ2) is 6.30. The lowest BCUT2D eigenvalue weighted by Gasteiger charge is -2.09. The second-order valence-corrected chi connectivity index (χ2v) is 4.53. The minimum Gasteiger partial charge on any atom is -0.493 e. The molecular formula is C15H18N2O4. The van der Waals surface area contributed by atoms with Gasteiger partial charge in [-0.3, -0.25) is 4.79 Å². The van der Waals surface area contributed by atoms with Gasteiger partial charge < -0.3 is 19.6 Å². The summed E-state index contributed by atoms with van der Waals surface area (Å²) in [5, 5.41) is 9.76. The molecule has 0 aliphatic carbocycles. The number of aromatic nitrogens is 2. The average Bonchev–Trinajstić information content (AvgIpc) is 2.46. The molecule has 0 saturated carbocycles. The highest BCUT2D eigenvalue weighted by Gasteiger charge is 2.10. The molecule has 1 aromatic heterocycles. The fourth-order valence-corrected chi connectivity index (χ4v) is 2.12. The molecule has 0 radical (unpaired) electrons. The Morgan fingerprint density at radius 3 is 2.52 bits per heavy atom. The topological polar surface area (TPSA) is 84.4 Å². The molecule has 2 aromatic rings. The summed E-state index contributed by atoms with van der Waals surface area (Å²) in [6.45, 7) is 1.79. The molecule has 0 aliphatic heterocycles. The quantitative estimate of drug-likeness (QED) is 0.874. The first-order valence-corrected chi connectivity index (χ1v) is 6.61. The Morgan fingerprint density at radius 1 is 1.24 bits per heavy atom. The van der Waals surface area contributed by atoms with Crippen molar-refractivity contribution < 1.29 is 14.6 Å². The minimum atomic E-state index is -0.305. The van der Waals surface area contributed by atoms with Crippen molar-refractivity contribution in [3.8, 4) is 17.4 Å². The lowest BCUT2D eigenvalue weighted by Crippen LogP contribution is -2.16. The van der Waals surface area contributed by atoms with Gasteiger partial charge in [-0.1, -0.05) is 13.0 Å². The standard InChI is InChI=1S/C15H18N2O4/c1-4-10-14(18)16-13(17-15(10)19)8-9-5-6-11(20-2)12(7-9)21-3/h5-7H,4,8H2,1-3H3,(H2,16,17,18,19). The van der Waals surface area contributed by atoms with E-state index >= 15 is 0 Å². The third-order valence-electron chi connectivity index (χ3n) is 3.22. The van der Waals surface area contributed by atoms with E-state index in [0.717, 1.165) is 5.56 Å². The lowest BCUT2D eigenvalue weighted by molar-refractivity contribution is 0.354. The van der Waals surface area contributed by atoms with E-state index < -0.39 is 0 Å². The van der Waals surface area contributed by atoms with Gasteiger partial charge in [0.05, 0.1) is 19.8 Å². The van der Waals surface area contributed by atoms with Crippen molar-refractivity contribution in [3.63, 3.8) is 0 Å². The maximum Gasteiger partial charge on any atom is 0.257 e. The van der Waals surface area contributed by atoms with Crippen molar-refractivity contribution in [1.82, 2.24) is 9.97 Å². The molecule has 2 N–H and O–H groups in total. The summed E-state index contributed by atoms with van der Waals surface area (Å²) in [4.78, 5) is 18.5. The average molecular weight is 290 g/mol. The Balaban J connectivity index is 2.32. The molecule has 0 bridgehead atoms. The summed E-state index contributed by atoms with van der Waals surface area (Å²) in [6.07, 6.45) is 0.817. The smallest absolute Gasteiger partial charge is 0.257 e. The predicted molar refractivity (Wildman–Crippen MR) is 78.3 cm³/mol. The SMILES string of the molecule is CCc1c(O)nc(Cc2ccc(OC)c(OC)c2)[nH]c1=O. The fourth-order valence-electron chi connectivity index (χ4n) is 2.12. The van der Waals surface area contributed by atoms with E-state index in [1.807, 2.05) is 12.1 Å². The number of benzene rings is 1. The van der Waals surface area contributed by atoms with E-state index in [4.69, 9.17) is 9.47 Å². The number of hydrogen-bond acceptors (Lipinski definition) is 5. The lowest BCUT2D eigenvalue weighted by atomic mass is 10.1. The highest BCUT2D eigenvalue weighted by Crippen LogP contribution is 2.28. The van der Waals surface area contributed by atoms with Crippen LogP contribution in [0.5, 0.6) is 17.4 Å². The molecule has 2 rings (SSSR count). The van der Waals surface area contributed by atoms with Crippen LogP contribution >= 0.6 is 0 Å². The van der Waals surface area contributed by atoms with Gasteiger partial charge >= 0.3 is 0 Å². The fraction of sp³-hybridized carbons (Fsp3) is 0.333. The molecule has 21 heavy (non-hydrogen) atoms. The Labute approximate surface area is 122 Å². The number of nitrogens with one attached hydrogen (secondary N) is 1. The van der Waals surface area contributed by atoms with Gasteiger partial charge in [0.25, 0.3) is 5.56 Å². The van der Waals surface area contributed by atoms with Crippen molar-refractivity contribution in [2.75, 3.05) is 14.2 Å². The van der Waals surface area contributed by atoms with Gasteiger partial charge in [-0.15, -0.1) is 0 Å². The molecule has 1 aromatic carbocycles. The molecule has 0 atom stereocenters. The number of ether oxygens (including phenoxy) is 2. The number of aromatic amines is 1. The number of methoxy groups -OCH3 is 2. The van der Waals surface area contributed by atoms with E-state index in [-0.39, 0.29) is 11.4 Å². The number of nitrogens with zero attached hydrogens (tertiary/aromatic N) is 1. The molecule has 0 unspecified atom stereocenters. The van der Waals surface area contributed by atoms with Gasteiger partial charge in [-0.2, -0.15) is 4.98 Å². The molecule has 0 aliphatic rings. The van der Waals surface area contributed by atoms with Gasteiger partial charge in [0.1, 0.15) is 5.82 Å². The van der Waals surface area contributed by atoms with Crippen LogP contribution in [0.2, 0.25) is 0 Å². The van der Waals surface area contributed by atoms with E-state index in [2.05, 4.69) is 9.97 Å². The second-order valence-electron chi connectivity index (χ2n) is 4.53. The van der Waals surface area contributed by atoms with E-state index in [1.165, 1.54) is 0 Å². The number of rotatable bonds is 5. The molecule has 112 valence electrons. The summed E-state index contributed by atoms with van der Waals surface area (Å²) in [5.41, 5.74) is 0.881. The summed E-state index contributed by atoms with van der Waals surface area (Å²) >= 11 is 0. The third-order valence-corrected chi connectivity index (χ3v) is 3.22. The molecule has 0 fully saturated rings. The van der Waals surface area contributed by atoms with Crippen LogP contribution in [-0.4, -0.2) is 29.3 Å². The minimum absolute atomic E-state index is 0.211. The van der Waals surface area contributed by atoms with Crippen molar-refractivity contribution in [2.45, 2.75) is 19.8 Å². The normalized spacial score (nSPS) is 10.4. The highest BCUT2D eigenvalue weighted by atomic mass is 16.5. The van der Waals surface area contributed by atoms with Gasteiger partial charge in [-0.05, 0) is 24.1 Å². The zero-order valence-electron chi connectivity index (χ0n) is 12.3. The van der Waals surface area contributed by atoms with Crippen LogP contribution in [0.1, 0.15) is 23.9 Å². The van der Waals surface area contributed by atoms with Gasteiger partial charge in [0.15, 0.2) is 11.5 Å². The van der Waals surface area contributed by atoms with Crippen molar-refractivity contribution in [3.05, 3.63) is 45.5 Å². The number of hydrogen-bond donors (Lipinski definition) is 2. The zero-order chi connectivity index (χ0) is 15.4. The third kappa shape index (κ3) is 3.16. The van der Waals surface area contributed by atoms with E-state index in [0.29, 0.717) is 35.7 Å². The van der Waals surface area contributed by atoms with E-state index in [9.17, 15) is 9.90 Å². The van der Waals surface area contributed by atoms with Crippen LogP contribution in [0.15, 0.2) is 23.0 Å². The zero-order valence-corrected chi connectivity index (χ0v) is 12.3. The molecule has 1 heterocycles. The number of H-pyrrole nitrogens is 1. The summed E-state index contributed by atoms with van der Waals surface area (Å²) < 4.78 is 10.4. The van der Waals surface area contributed by atoms with Crippen molar-refractivity contribution in [2.24, 2.45) is 0 Å². The van der Waals surface area contributed by atoms with Crippen LogP contribution in [-0.2, 0) is 12.8 Å². The van der Waals surface area contributed by atoms with Gasteiger partial charge in [0.2, 0.25) is 5.88 Å². The van der Waals surface area contributed by atoms with Crippen LogP contribution < -0.4 is 15.0 Å². The van der Waals surface area contributed by atoms with Crippen LogP contribution in [0.25, 0.3) is 0 Å². The summed E-state index contributed by atoms with van der Waals surface area (Å²) in [6, 6.07) is 5.45. The summed E-state index contributed by atoms with van der Waals surface area (Å²) in [5.74, 6) is 1.43. The highest BCUT2D eigenvalue weighted by molar-refractivity contribution is 5.43. The van der Waals surface area contributed by atoms with Gasteiger partial charge in [0, 0.05) is 6.42 Å². The van der Waals surface area contributed by atoms with Gasteiger partial charge in [-0.25, -0.2) is 0 Å². The molecule has 0 amide bonds. The molecule has 0 spiro atoms. The Hall–Kier alpha value is -2.50. The molecule has 6 heteroatoms. The largest absolute Gasteiger partial charge is 0.493 e. The van der Waals surface area contributed by atoms with Crippen LogP contribution in [0.4, 0.5) is 0 Å². The Morgan fingerprint density at radius 2 is 1.95 bits per heavy atom. The van der Waals surface area contributed by atoms with Crippen molar-refractivity contribution in [1.29, 1.82) is 0 Å². The van der Waals surface area contributed by atoms with E-state index in [1.54, 1.807) is 27.2 Å².